The van der Waals surface area contributed by atoms with E-state index < -0.39 is 0 Å². The summed E-state index contributed by atoms with van der Waals surface area (Å²) in [5, 5.41) is 0. The van der Waals surface area contributed by atoms with Crippen LogP contribution in [0.1, 0.15) is 60.3 Å². The number of allylic oxidation sites excluding steroid dienone is 1. The summed E-state index contributed by atoms with van der Waals surface area (Å²) in [6.45, 7) is 15.8. The van der Waals surface area contributed by atoms with Crippen molar-refractivity contribution in [3.63, 3.8) is 0 Å². The van der Waals surface area contributed by atoms with Crippen LogP contribution in [-0.2, 0) is 0 Å². The van der Waals surface area contributed by atoms with Crippen LogP contribution >= 0.6 is 0 Å². The highest BCUT2D eigenvalue weighted by Gasteiger charge is 2.19. The molecule has 0 saturated heterocycles. The van der Waals surface area contributed by atoms with Gasteiger partial charge in [0.05, 0.1) is 0 Å². The molecule has 0 N–H and O–H groups in total. The molecule has 0 spiro atoms. The monoisotopic (exact) mass is 196 g/mol. The zero-order valence-electron chi connectivity index (χ0n) is 10.8. The van der Waals surface area contributed by atoms with Gasteiger partial charge in [0.25, 0.3) is 0 Å². The highest BCUT2D eigenvalue weighted by molar-refractivity contribution is 5.01. The average molecular weight is 196 g/mol. The molecule has 3 atom stereocenters. The molecule has 0 aliphatic rings. The van der Waals surface area contributed by atoms with Crippen molar-refractivity contribution < 1.29 is 0 Å². The molecule has 0 amide bonds. The first-order chi connectivity index (χ1) is 6.56. The van der Waals surface area contributed by atoms with Gasteiger partial charge in [0.15, 0.2) is 0 Å². The third kappa shape index (κ3) is 4.30. The third-order valence-corrected chi connectivity index (χ3v) is 3.66. The maximum absolute atomic E-state index is 4.23. The number of hydrogen-bond acceptors (Lipinski definition) is 0. The summed E-state index contributed by atoms with van der Waals surface area (Å²) in [5.74, 6) is 2.40. The minimum absolute atomic E-state index is 0.750. The molecular weight excluding hydrogens is 168 g/mol. The summed E-state index contributed by atoms with van der Waals surface area (Å²) < 4.78 is 0. The lowest BCUT2D eigenvalue weighted by Crippen LogP contribution is -2.16. The lowest BCUT2D eigenvalue weighted by molar-refractivity contribution is 0.316. The Balaban J connectivity index is 4.31. The molecule has 0 rings (SSSR count). The number of hydrogen-bond donors (Lipinski definition) is 0. The largest absolute Gasteiger partial charge is 0.0996 e. The van der Waals surface area contributed by atoms with Crippen LogP contribution in [-0.4, -0.2) is 0 Å². The maximum atomic E-state index is 4.23. The van der Waals surface area contributed by atoms with E-state index >= 15 is 0 Å². The molecule has 0 fully saturated rings. The first kappa shape index (κ1) is 13.7. The Morgan fingerprint density at radius 2 is 1.64 bits per heavy atom. The predicted octanol–water partition coefficient (Wildman–Crippen LogP) is 5.05. The third-order valence-electron chi connectivity index (χ3n) is 3.66. The normalized spacial score (nSPS) is 17.5. The zero-order chi connectivity index (χ0) is 11.1. The van der Waals surface area contributed by atoms with E-state index in [2.05, 4.69) is 41.2 Å². The lowest BCUT2D eigenvalue weighted by atomic mass is 9.78. The van der Waals surface area contributed by atoms with E-state index in [0.29, 0.717) is 0 Å². The van der Waals surface area contributed by atoms with Crippen molar-refractivity contribution in [3.8, 4) is 0 Å². The zero-order valence-corrected chi connectivity index (χ0v) is 10.8. The highest BCUT2D eigenvalue weighted by atomic mass is 14.2. The minimum Gasteiger partial charge on any atom is -0.0996 e. The van der Waals surface area contributed by atoms with E-state index in [9.17, 15) is 0 Å². The molecule has 0 aromatic rings. The van der Waals surface area contributed by atoms with Gasteiger partial charge in [0.2, 0.25) is 0 Å². The van der Waals surface area contributed by atoms with Crippen LogP contribution in [0.25, 0.3) is 0 Å². The molecule has 0 radical (unpaired) electrons. The maximum Gasteiger partial charge on any atom is -0.0178 e. The second kappa shape index (κ2) is 7.09. The Morgan fingerprint density at radius 1 is 1.07 bits per heavy atom. The van der Waals surface area contributed by atoms with Crippen molar-refractivity contribution in [1.82, 2.24) is 0 Å². The minimum atomic E-state index is 0.750. The van der Waals surface area contributed by atoms with Crippen molar-refractivity contribution in [1.29, 1.82) is 0 Å². The van der Waals surface area contributed by atoms with Crippen molar-refractivity contribution in [2.24, 2.45) is 17.8 Å². The lowest BCUT2D eigenvalue weighted by Gasteiger charge is -2.27. The van der Waals surface area contributed by atoms with E-state index in [0.717, 1.165) is 24.2 Å². The van der Waals surface area contributed by atoms with Crippen LogP contribution < -0.4 is 0 Å². The van der Waals surface area contributed by atoms with Gasteiger partial charge in [-0.1, -0.05) is 59.6 Å². The average Bonchev–Trinajstić information content (AvgIpc) is 2.23. The molecule has 0 heteroatoms. The molecule has 84 valence electrons. The van der Waals surface area contributed by atoms with Crippen LogP contribution in [0.4, 0.5) is 0 Å². The summed E-state index contributed by atoms with van der Waals surface area (Å²) in [6.07, 6.45) is 5.05. The van der Waals surface area contributed by atoms with Gasteiger partial charge in [0.1, 0.15) is 0 Å². The van der Waals surface area contributed by atoms with Crippen LogP contribution in [0.3, 0.4) is 0 Å². The fraction of sp³-hybridized carbons (Fsp3) is 0.857. The fourth-order valence-electron chi connectivity index (χ4n) is 1.95. The molecule has 0 aromatic carbocycles. The summed E-state index contributed by atoms with van der Waals surface area (Å²) in [7, 11) is 0. The molecule has 3 unspecified atom stereocenters. The van der Waals surface area contributed by atoms with Gasteiger partial charge in [-0.3, -0.25) is 0 Å². The Morgan fingerprint density at radius 3 is 2.00 bits per heavy atom. The van der Waals surface area contributed by atoms with Crippen molar-refractivity contribution in [2.45, 2.75) is 60.3 Å². The summed E-state index contributed by atoms with van der Waals surface area (Å²) in [4.78, 5) is 0. The molecule has 0 saturated carbocycles. The summed E-state index contributed by atoms with van der Waals surface area (Å²) in [6, 6.07) is 0. The molecule has 0 aliphatic heterocycles. The van der Waals surface area contributed by atoms with Gasteiger partial charge in [-0.2, -0.15) is 0 Å². The first-order valence-electron chi connectivity index (χ1n) is 6.24. The Kier molecular flexibility index (Phi) is 6.96. The van der Waals surface area contributed by atoms with Crippen molar-refractivity contribution in [3.05, 3.63) is 12.2 Å². The molecule has 0 bridgehead atoms. The Labute approximate surface area is 90.8 Å². The van der Waals surface area contributed by atoms with Crippen LogP contribution in [0.2, 0.25) is 0 Å². The van der Waals surface area contributed by atoms with E-state index in [1.807, 2.05) is 0 Å². The molecular formula is C14H28. The van der Waals surface area contributed by atoms with Crippen molar-refractivity contribution in [2.75, 3.05) is 0 Å². The number of rotatable bonds is 7. The van der Waals surface area contributed by atoms with E-state index in [4.69, 9.17) is 0 Å². The van der Waals surface area contributed by atoms with E-state index in [-0.39, 0.29) is 0 Å². The molecule has 0 aliphatic carbocycles. The first-order valence-corrected chi connectivity index (χ1v) is 6.24. The molecule has 0 nitrogen and oxygen atoms in total. The van der Waals surface area contributed by atoms with Gasteiger partial charge in [-0.05, 0) is 30.6 Å². The van der Waals surface area contributed by atoms with E-state index in [1.165, 1.54) is 24.8 Å². The van der Waals surface area contributed by atoms with Crippen LogP contribution in [0.15, 0.2) is 12.2 Å². The standard InChI is InChI=1S/C14H28/c1-7-11(4)10-14(12(5)8-2)13(6)9-3/h11,13-14H,5,7-10H2,1-4,6H3. The quantitative estimate of drug-likeness (QED) is 0.500. The van der Waals surface area contributed by atoms with Crippen LogP contribution in [0, 0.1) is 17.8 Å². The molecule has 14 heavy (non-hydrogen) atoms. The van der Waals surface area contributed by atoms with Gasteiger partial charge >= 0.3 is 0 Å². The molecule has 0 aromatic heterocycles. The predicted molar refractivity (Wildman–Crippen MR) is 66.4 cm³/mol. The van der Waals surface area contributed by atoms with Gasteiger partial charge in [0, 0.05) is 0 Å². The van der Waals surface area contributed by atoms with Gasteiger partial charge < -0.3 is 0 Å². The SMILES string of the molecule is C=C(CC)C(CC(C)CC)C(C)CC. The second-order valence-electron chi connectivity index (χ2n) is 4.75. The topological polar surface area (TPSA) is 0 Å². The van der Waals surface area contributed by atoms with Crippen molar-refractivity contribution >= 4 is 0 Å². The van der Waals surface area contributed by atoms with Crippen LogP contribution in [0.5, 0.6) is 0 Å². The summed E-state index contributed by atoms with van der Waals surface area (Å²) >= 11 is 0. The fourth-order valence-corrected chi connectivity index (χ4v) is 1.95. The summed E-state index contributed by atoms with van der Waals surface area (Å²) in [5.41, 5.74) is 1.46. The Bertz CT molecular complexity index is 157. The second-order valence-corrected chi connectivity index (χ2v) is 4.75. The molecule has 0 heterocycles. The smallest absolute Gasteiger partial charge is 0.0178 e. The Hall–Kier alpha value is -0.260. The highest BCUT2D eigenvalue weighted by Crippen LogP contribution is 2.31. The van der Waals surface area contributed by atoms with E-state index in [1.54, 1.807) is 0 Å². The van der Waals surface area contributed by atoms with Gasteiger partial charge in [-0.15, -0.1) is 0 Å². The van der Waals surface area contributed by atoms with Gasteiger partial charge in [-0.25, -0.2) is 0 Å².